The van der Waals surface area contributed by atoms with Gasteiger partial charge in [0, 0.05) is 15.4 Å². The molecule has 1 rings (SSSR count). The highest BCUT2D eigenvalue weighted by Crippen LogP contribution is 2.34. The van der Waals surface area contributed by atoms with Crippen molar-refractivity contribution in [1.82, 2.24) is 0 Å². The Bertz CT molecular complexity index is 484. The molecule has 0 fully saturated rings. The Morgan fingerprint density at radius 2 is 1.84 bits per heavy atom. The van der Waals surface area contributed by atoms with Crippen LogP contribution in [-0.4, -0.2) is 10.9 Å². The topological polar surface area (TPSA) is 37.3 Å². The Morgan fingerprint density at radius 1 is 1.26 bits per heavy atom. The zero-order chi connectivity index (χ0) is 14.7. The third-order valence-electron chi connectivity index (χ3n) is 3.16. The second kappa shape index (κ2) is 7.77. The largest absolute Gasteiger partial charge is 0.506 e. The number of benzene rings is 1. The van der Waals surface area contributed by atoms with E-state index in [0.717, 1.165) is 22.7 Å². The van der Waals surface area contributed by atoms with Crippen molar-refractivity contribution in [3.05, 3.63) is 22.3 Å². The van der Waals surface area contributed by atoms with Crippen LogP contribution in [0.5, 0.6) is 5.75 Å². The molecule has 0 aliphatic carbocycles. The number of aromatic hydroxyl groups is 1. The van der Waals surface area contributed by atoms with Crippen molar-refractivity contribution in [2.45, 2.75) is 33.6 Å². The summed E-state index contributed by atoms with van der Waals surface area (Å²) in [5.41, 5.74) is 1.10. The highest BCUT2D eigenvalue weighted by atomic mass is 127. The van der Waals surface area contributed by atoms with E-state index in [1.807, 2.05) is 19.9 Å². The van der Waals surface area contributed by atoms with Gasteiger partial charge in [-0.2, -0.15) is 0 Å². The van der Waals surface area contributed by atoms with Gasteiger partial charge in [-0.05, 0) is 92.2 Å². The average molecular weight is 598 g/mol. The van der Waals surface area contributed by atoms with Gasteiger partial charge in [-0.3, -0.25) is 4.79 Å². The molecule has 0 amide bonds. The molecular formula is C14H17I3O2. The molecule has 2 nitrogen and oxygen atoms in total. The molecule has 1 atom stereocenters. The van der Waals surface area contributed by atoms with Gasteiger partial charge in [0.05, 0.1) is 7.14 Å². The van der Waals surface area contributed by atoms with Crippen molar-refractivity contribution >= 4 is 73.6 Å². The zero-order valence-corrected chi connectivity index (χ0v) is 17.6. The minimum Gasteiger partial charge on any atom is -0.506 e. The van der Waals surface area contributed by atoms with E-state index in [1.54, 1.807) is 0 Å². The maximum Gasteiger partial charge on any atom is 0.142 e. The highest BCUT2D eigenvalue weighted by molar-refractivity contribution is 14.1. The van der Waals surface area contributed by atoms with Gasteiger partial charge < -0.3 is 5.11 Å². The number of rotatable bonds is 5. The van der Waals surface area contributed by atoms with Gasteiger partial charge in [0.25, 0.3) is 0 Å². The summed E-state index contributed by atoms with van der Waals surface area (Å²) in [6.45, 7) is 5.95. The first-order valence-electron chi connectivity index (χ1n) is 6.18. The Kier molecular flexibility index (Phi) is 7.33. The second-order valence-electron chi connectivity index (χ2n) is 4.85. The number of Topliss-reactive ketones (excluding diaryl/α,β-unsaturated/α-hetero) is 1. The molecule has 106 valence electrons. The number of hydrogen-bond donors (Lipinski definition) is 1. The SMILES string of the molecule is CCC(Cc1c(I)cc(I)c(O)c1I)C(=O)C(C)C. The molecular weight excluding hydrogens is 581 g/mol. The van der Waals surface area contributed by atoms with Gasteiger partial charge in [-0.25, -0.2) is 0 Å². The van der Waals surface area contributed by atoms with Crippen molar-refractivity contribution in [3.8, 4) is 5.75 Å². The smallest absolute Gasteiger partial charge is 0.142 e. The van der Waals surface area contributed by atoms with Gasteiger partial charge in [0.1, 0.15) is 11.5 Å². The maximum absolute atomic E-state index is 12.2. The minimum atomic E-state index is 0.0430. The number of phenols is 1. The number of halogens is 3. The molecule has 5 heteroatoms. The van der Waals surface area contributed by atoms with Crippen LogP contribution in [0, 0.1) is 22.5 Å². The van der Waals surface area contributed by atoms with Crippen molar-refractivity contribution in [2.75, 3.05) is 0 Å². The van der Waals surface area contributed by atoms with Crippen molar-refractivity contribution in [3.63, 3.8) is 0 Å². The molecule has 0 aliphatic heterocycles. The van der Waals surface area contributed by atoms with E-state index in [2.05, 4.69) is 74.7 Å². The van der Waals surface area contributed by atoms with Gasteiger partial charge in [0.2, 0.25) is 0 Å². The van der Waals surface area contributed by atoms with Crippen molar-refractivity contribution in [2.24, 2.45) is 11.8 Å². The van der Waals surface area contributed by atoms with Crippen LogP contribution in [0.15, 0.2) is 6.07 Å². The van der Waals surface area contributed by atoms with Crippen LogP contribution in [0.1, 0.15) is 32.8 Å². The van der Waals surface area contributed by atoms with Crippen LogP contribution in [0.4, 0.5) is 0 Å². The van der Waals surface area contributed by atoms with Crippen LogP contribution >= 0.6 is 67.8 Å². The van der Waals surface area contributed by atoms with E-state index in [1.165, 1.54) is 0 Å². The minimum absolute atomic E-state index is 0.0430. The van der Waals surface area contributed by atoms with Crippen LogP contribution in [-0.2, 0) is 11.2 Å². The summed E-state index contributed by atoms with van der Waals surface area (Å²) in [4.78, 5) is 12.2. The first-order valence-corrected chi connectivity index (χ1v) is 9.42. The number of phenolic OH excluding ortho intramolecular Hbond substituents is 1. The van der Waals surface area contributed by atoms with Crippen LogP contribution in [0.25, 0.3) is 0 Å². The summed E-state index contributed by atoms with van der Waals surface area (Å²) in [5, 5.41) is 10.0. The van der Waals surface area contributed by atoms with Gasteiger partial charge in [0.15, 0.2) is 0 Å². The second-order valence-corrected chi connectivity index (χ2v) is 8.25. The Balaban J connectivity index is 3.11. The molecule has 1 unspecified atom stereocenters. The quantitative estimate of drug-likeness (QED) is 0.485. The summed E-state index contributed by atoms with van der Waals surface area (Å²) >= 11 is 6.60. The Morgan fingerprint density at radius 3 is 2.32 bits per heavy atom. The summed E-state index contributed by atoms with van der Waals surface area (Å²) in [6.07, 6.45) is 1.56. The lowest BCUT2D eigenvalue weighted by Gasteiger charge is -2.19. The predicted molar refractivity (Wildman–Crippen MR) is 104 cm³/mol. The van der Waals surface area contributed by atoms with Gasteiger partial charge in [-0.15, -0.1) is 0 Å². The van der Waals surface area contributed by atoms with E-state index < -0.39 is 0 Å². The average Bonchev–Trinajstić information content (AvgIpc) is 2.35. The lowest BCUT2D eigenvalue weighted by molar-refractivity contribution is -0.125. The molecule has 19 heavy (non-hydrogen) atoms. The molecule has 0 radical (unpaired) electrons. The molecule has 0 aliphatic rings. The van der Waals surface area contributed by atoms with Gasteiger partial charge in [-0.1, -0.05) is 20.8 Å². The summed E-state index contributed by atoms with van der Waals surface area (Å²) in [6, 6.07) is 1.97. The third kappa shape index (κ3) is 4.42. The summed E-state index contributed by atoms with van der Waals surface area (Å²) < 4.78 is 2.86. The number of hydrogen-bond acceptors (Lipinski definition) is 2. The van der Waals surface area contributed by atoms with E-state index in [4.69, 9.17) is 0 Å². The number of carbonyl (C=O) groups excluding carboxylic acids is 1. The van der Waals surface area contributed by atoms with Crippen LogP contribution in [0.3, 0.4) is 0 Å². The summed E-state index contributed by atoms with van der Waals surface area (Å²) in [5.74, 6) is 0.759. The predicted octanol–water partition coefficient (Wildman–Crippen LogP) is 5.00. The number of ketones is 1. The molecule has 0 saturated carbocycles. The lowest BCUT2D eigenvalue weighted by atomic mass is 9.88. The monoisotopic (exact) mass is 598 g/mol. The number of carbonyl (C=O) groups is 1. The molecule has 0 saturated heterocycles. The fourth-order valence-corrected chi connectivity index (χ4v) is 5.78. The molecule has 0 bridgehead atoms. The normalized spacial score (nSPS) is 12.8. The summed E-state index contributed by atoms with van der Waals surface area (Å²) in [7, 11) is 0. The van der Waals surface area contributed by atoms with Crippen LogP contribution in [0.2, 0.25) is 0 Å². The van der Waals surface area contributed by atoms with E-state index >= 15 is 0 Å². The fraction of sp³-hybridized carbons (Fsp3) is 0.500. The van der Waals surface area contributed by atoms with Crippen molar-refractivity contribution in [1.29, 1.82) is 0 Å². The van der Waals surface area contributed by atoms with E-state index in [9.17, 15) is 9.90 Å². The molecule has 1 aromatic rings. The van der Waals surface area contributed by atoms with Gasteiger partial charge >= 0.3 is 0 Å². The molecule has 0 aromatic heterocycles. The lowest BCUT2D eigenvalue weighted by Crippen LogP contribution is -2.22. The molecule has 1 N–H and O–H groups in total. The zero-order valence-electron chi connectivity index (χ0n) is 11.1. The third-order valence-corrected chi connectivity index (χ3v) is 6.10. The van der Waals surface area contributed by atoms with E-state index in [-0.39, 0.29) is 11.8 Å². The van der Waals surface area contributed by atoms with E-state index in [0.29, 0.717) is 18.0 Å². The highest BCUT2D eigenvalue weighted by Gasteiger charge is 2.23. The van der Waals surface area contributed by atoms with Crippen LogP contribution < -0.4 is 0 Å². The standard InChI is InChI=1S/C14H17I3O2/c1-4-8(13(18)7(2)3)5-9-10(15)6-11(16)14(19)12(9)17/h6-8,19H,4-5H2,1-3H3. The fourth-order valence-electron chi connectivity index (χ4n) is 1.97. The molecule has 1 aromatic carbocycles. The maximum atomic E-state index is 12.2. The molecule has 0 spiro atoms. The Hall–Kier alpha value is 0.880. The Labute approximate surface area is 155 Å². The first-order chi connectivity index (χ1) is 8.79. The van der Waals surface area contributed by atoms with Crippen molar-refractivity contribution < 1.29 is 9.90 Å². The first kappa shape index (κ1) is 17.9. The molecule has 0 heterocycles.